The number of amides is 1. The Morgan fingerprint density at radius 3 is 2.53 bits per heavy atom. The second kappa shape index (κ2) is 6.89. The van der Waals surface area contributed by atoms with Crippen molar-refractivity contribution in [2.75, 3.05) is 20.3 Å². The first-order chi connectivity index (χ1) is 8.87. The maximum Gasteiger partial charge on any atom is 0.230 e. The lowest BCUT2D eigenvalue weighted by Crippen LogP contribution is -2.43. The Morgan fingerprint density at radius 1 is 1.42 bits per heavy atom. The number of aliphatic hydroxyl groups excluding tert-OH is 1. The molecule has 0 aliphatic heterocycles. The predicted molar refractivity (Wildman–Crippen MR) is 75.4 cm³/mol. The number of ether oxygens (including phenoxy) is 1. The number of aliphatic hydroxyl groups is 1. The van der Waals surface area contributed by atoms with Crippen molar-refractivity contribution in [3.63, 3.8) is 0 Å². The van der Waals surface area contributed by atoms with E-state index in [9.17, 15) is 9.90 Å². The van der Waals surface area contributed by atoms with Gasteiger partial charge in [0.05, 0.1) is 18.1 Å². The summed E-state index contributed by atoms with van der Waals surface area (Å²) in [5, 5.41) is 12.9. The van der Waals surface area contributed by atoms with Crippen LogP contribution in [0, 0.1) is 0 Å². The molecule has 2 N–H and O–H groups in total. The van der Waals surface area contributed by atoms with Crippen LogP contribution < -0.4 is 5.32 Å². The summed E-state index contributed by atoms with van der Waals surface area (Å²) in [4.78, 5) is 12.2. The van der Waals surface area contributed by atoms with Crippen LogP contribution in [0.1, 0.15) is 19.4 Å². The summed E-state index contributed by atoms with van der Waals surface area (Å²) in [6.07, 6.45) is -0.699. The first kappa shape index (κ1) is 16.0. The highest BCUT2D eigenvalue weighted by Gasteiger charge is 2.29. The third-order valence-corrected chi connectivity index (χ3v) is 3.24. The van der Waals surface area contributed by atoms with E-state index in [4.69, 9.17) is 16.3 Å². The summed E-state index contributed by atoms with van der Waals surface area (Å²) in [6.45, 7) is 4.02. The van der Waals surface area contributed by atoms with Gasteiger partial charge in [0.25, 0.3) is 0 Å². The zero-order valence-corrected chi connectivity index (χ0v) is 12.2. The molecule has 0 aromatic heterocycles. The van der Waals surface area contributed by atoms with Gasteiger partial charge < -0.3 is 15.2 Å². The average Bonchev–Trinajstić information content (AvgIpc) is 2.36. The van der Waals surface area contributed by atoms with Crippen molar-refractivity contribution in [2.45, 2.75) is 25.4 Å². The third-order valence-electron chi connectivity index (χ3n) is 2.99. The Balaban J connectivity index is 2.66. The lowest BCUT2D eigenvalue weighted by molar-refractivity contribution is -0.126. The molecule has 1 aromatic rings. The lowest BCUT2D eigenvalue weighted by atomic mass is 9.84. The van der Waals surface area contributed by atoms with Gasteiger partial charge in [-0.1, -0.05) is 23.7 Å². The van der Waals surface area contributed by atoms with Crippen LogP contribution in [0.2, 0.25) is 5.02 Å². The first-order valence-corrected chi connectivity index (χ1v) is 6.47. The average molecular weight is 286 g/mol. The minimum Gasteiger partial charge on any atom is -0.389 e. The van der Waals surface area contributed by atoms with Crippen LogP contribution in [-0.2, 0) is 14.9 Å². The van der Waals surface area contributed by atoms with E-state index in [1.807, 2.05) is 26.0 Å². The molecule has 1 atom stereocenters. The molecule has 1 rings (SSSR count). The Labute approximate surface area is 118 Å². The van der Waals surface area contributed by atoms with E-state index < -0.39 is 11.5 Å². The van der Waals surface area contributed by atoms with Crippen molar-refractivity contribution >= 4 is 17.5 Å². The molecule has 0 aliphatic carbocycles. The van der Waals surface area contributed by atoms with Crippen LogP contribution in [0.25, 0.3) is 0 Å². The largest absolute Gasteiger partial charge is 0.389 e. The van der Waals surface area contributed by atoms with Crippen molar-refractivity contribution in [1.82, 2.24) is 5.32 Å². The molecule has 106 valence electrons. The Bertz CT molecular complexity index is 417. The molecular formula is C14H20ClNO3. The molecule has 0 bridgehead atoms. The topological polar surface area (TPSA) is 58.6 Å². The Hall–Kier alpha value is -1.10. The Kier molecular flexibility index (Phi) is 5.79. The highest BCUT2D eigenvalue weighted by Crippen LogP contribution is 2.24. The van der Waals surface area contributed by atoms with E-state index in [0.29, 0.717) is 5.02 Å². The summed E-state index contributed by atoms with van der Waals surface area (Å²) >= 11 is 5.83. The van der Waals surface area contributed by atoms with Gasteiger partial charge in [-0.15, -0.1) is 0 Å². The van der Waals surface area contributed by atoms with Crippen LogP contribution in [0.3, 0.4) is 0 Å². The van der Waals surface area contributed by atoms with Gasteiger partial charge >= 0.3 is 0 Å². The zero-order chi connectivity index (χ0) is 14.5. The number of carbonyl (C=O) groups is 1. The Morgan fingerprint density at radius 2 is 2.00 bits per heavy atom. The van der Waals surface area contributed by atoms with E-state index >= 15 is 0 Å². The van der Waals surface area contributed by atoms with Crippen LogP contribution in [-0.4, -0.2) is 37.4 Å². The van der Waals surface area contributed by atoms with Crippen LogP contribution >= 0.6 is 11.6 Å². The van der Waals surface area contributed by atoms with Crippen molar-refractivity contribution < 1.29 is 14.6 Å². The van der Waals surface area contributed by atoms with E-state index in [1.165, 1.54) is 7.11 Å². The fourth-order valence-corrected chi connectivity index (χ4v) is 1.81. The second-order valence-corrected chi connectivity index (χ2v) is 5.39. The summed E-state index contributed by atoms with van der Waals surface area (Å²) < 4.78 is 4.80. The molecule has 1 amide bonds. The van der Waals surface area contributed by atoms with Gasteiger partial charge in [-0.3, -0.25) is 4.79 Å². The molecule has 1 aromatic carbocycles. The molecule has 0 spiro atoms. The van der Waals surface area contributed by atoms with E-state index in [2.05, 4.69) is 5.32 Å². The number of hydrogen-bond donors (Lipinski definition) is 2. The second-order valence-electron chi connectivity index (χ2n) is 4.95. The number of benzene rings is 1. The normalized spacial score (nSPS) is 13.1. The van der Waals surface area contributed by atoms with Gasteiger partial charge in [-0.25, -0.2) is 0 Å². The molecule has 5 heteroatoms. The molecule has 0 aliphatic rings. The number of rotatable bonds is 6. The summed E-state index contributed by atoms with van der Waals surface area (Å²) in [5.74, 6) is -0.148. The first-order valence-electron chi connectivity index (χ1n) is 6.09. The molecule has 0 saturated carbocycles. The van der Waals surface area contributed by atoms with Gasteiger partial charge in [-0.05, 0) is 31.5 Å². The van der Waals surface area contributed by atoms with Crippen LogP contribution in [0.4, 0.5) is 0 Å². The number of carbonyl (C=O) groups excluding carboxylic acids is 1. The van der Waals surface area contributed by atoms with Crippen LogP contribution in [0.15, 0.2) is 24.3 Å². The minimum absolute atomic E-state index is 0.148. The van der Waals surface area contributed by atoms with Gasteiger partial charge in [-0.2, -0.15) is 0 Å². The SMILES string of the molecule is COCC(O)CNC(=O)C(C)(C)c1ccc(Cl)cc1. The zero-order valence-electron chi connectivity index (χ0n) is 11.4. The summed E-state index contributed by atoms with van der Waals surface area (Å²) in [7, 11) is 1.50. The van der Waals surface area contributed by atoms with Gasteiger partial charge in [0.2, 0.25) is 5.91 Å². The maximum absolute atomic E-state index is 12.2. The fraction of sp³-hybridized carbons (Fsp3) is 0.500. The van der Waals surface area contributed by atoms with Gasteiger partial charge in [0.15, 0.2) is 0 Å². The predicted octanol–water partition coefficient (Wildman–Crippen LogP) is 1.74. The van der Waals surface area contributed by atoms with E-state index in [0.717, 1.165) is 5.56 Å². The van der Waals surface area contributed by atoms with E-state index in [-0.39, 0.29) is 19.1 Å². The molecule has 0 saturated heterocycles. The molecular weight excluding hydrogens is 266 g/mol. The smallest absolute Gasteiger partial charge is 0.230 e. The molecule has 0 radical (unpaired) electrons. The quantitative estimate of drug-likeness (QED) is 0.837. The number of methoxy groups -OCH3 is 1. The van der Waals surface area contributed by atoms with Gasteiger partial charge in [0.1, 0.15) is 0 Å². The number of hydrogen-bond acceptors (Lipinski definition) is 3. The van der Waals surface area contributed by atoms with E-state index in [1.54, 1.807) is 12.1 Å². The minimum atomic E-state index is -0.699. The van der Waals surface area contributed by atoms with Crippen molar-refractivity contribution in [1.29, 1.82) is 0 Å². The maximum atomic E-state index is 12.2. The molecule has 0 heterocycles. The molecule has 0 fully saturated rings. The van der Waals surface area contributed by atoms with Gasteiger partial charge in [0, 0.05) is 18.7 Å². The number of nitrogens with one attached hydrogen (secondary N) is 1. The highest BCUT2D eigenvalue weighted by molar-refractivity contribution is 6.30. The number of halogens is 1. The summed E-state index contributed by atoms with van der Waals surface area (Å²) in [5.41, 5.74) is 0.188. The standard InChI is InChI=1S/C14H20ClNO3/c1-14(2,10-4-6-11(15)7-5-10)13(18)16-8-12(17)9-19-3/h4-7,12,17H,8-9H2,1-3H3,(H,16,18). The fourth-order valence-electron chi connectivity index (χ4n) is 1.68. The highest BCUT2D eigenvalue weighted by atomic mass is 35.5. The molecule has 1 unspecified atom stereocenters. The lowest BCUT2D eigenvalue weighted by Gasteiger charge is -2.25. The van der Waals surface area contributed by atoms with Crippen molar-refractivity contribution in [3.05, 3.63) is 34.9 Å². The molecule has 19 heavy (non-hydrogen) atoms. The van der Waals surface area contributed by atoms with Crippen molar-refractivity contribution in [3.8, 4) is 0 Å². The summed E-state index contributed by atoms with van der Waals surface area (Å²) in [6, 6.07) is 7.17. The van der Waals surface area contributed by atoms with Crippen LogP contribution in [0.5, 0.6) is 0 Å². The molecule has 4 nitrogen and oxygen atoms in total. The third kappa shape index (κ3) is 4.49. The monoisotopic (exact) mass is 285 g/mol. The van der Waals surface area contributed by atoms with Crippen molar-refractivity contribution in [2.24, 2.45) is 0 Å².